The number of hydrogen-bond donors (Lipinski definition) is 3. The Labute approximate surface area is 174 Å². The molecule has 2 amide bonds. The van der Waals surface area contributed by atoms with Crippen LogP contribution in [0.1, 0.15) is 31.9 Å². The van der Waals surface area contributed by atoms with E-state index in [1.165, 1.54) is 36.3 Å². The fourth-order valence-corrected chi connectivity index (χ4v) is 3.82. The Morgan fingerprint density at radius 2 is 1.83 bits per heavy atom. The molecule has 3 rings (SSSR count). The van der Waals surface area contributed by atoms with Gasteiger partial charge in [-0.2, -0.15) is 0 Å². The third-order valence-electron chi connectivity index (χ3n) is 4.40. The van der Waals surface area contributed by atoms with Crippen molar-refractivity contribution in [2.45, 2.75) is 34.1 Å². The number of rotatable bonds is 6. The first kappa shape index (κ1) is 20.5. The number of para-hydroxylation sites is 1. The van der Waals surface area contributed by atoms with Gasteiger partial charge in [-0.3, -0.25) is 9.59 Å². The van der Waals surface area contributed by atoms with Gasteiger partial charge in [0.15, 0.2) is 5.13 Å². The molecule has 150 valence electrons. The second kappa shape index (κ2) is 8.87. The number of carbonyl (C=O) groups is 2. The number of aromatic nitrogens is 1. The van der Waals surface area contributed by atoms with Gasteiger partial charge in [0.25, 0.3) is 0 Å². The molecule has 3 aromatic rings. The van der Waals surface area contributed by atoms with Gasteiger partial charge in [-0.05, 0) is 42.7 Å². The molecule has 7 heteroatoms. The van der Waals surface area contributed by atoms with Crippen molar-refractivity contribution in [1.82, 2.24) is 4.98 Å². The Morgan fingerprint density at radius 1 is 1.07 bits per heavy atom. The average molecular weight is 409 g/mol. The summed E-state index contributed by atoms with van der Waals surface area (Å²) in [5, 5.41) is 11.7. The molecular weight excluding hydrogens is 384 g/mol. The number of benzene rings is 2. The molecule has 0 unspecified atom stereocenters. The van der Waals surface area contributed by atoms with Crippen LogP contribution in [0.3, 0.4) is 0 Å². The summed E-state index contributed by atoms with van der Waals surface area (Å²) in [7, 11) is 0. The monoisotopic (exact) mass is 408 g/mol. The Balaban J connectivity index is 1.93. The van der Waals surface area contributed by atoms with Crippen LogP contribution in [0, 0.1) is 6.92 Å². The molecule has 29 heavy (non-hydrogen) atoms. The van der Waals surface area contributed by atoms with Crippen LogP contribution in [0.5, 0.6) is 0 Å². The number of carbonyl (C=O) groups excluding carboxylic acids is 2. The van der Waals surface area contributed by atoms with Crippen molar-refractivity contribution in [3.05, 3.63) is 52.9 Å². The number of nitrogens with one attached hydrogen (secondary N) is 3. The van der Waals surface area contributed by atoms with Crippen LogP contribution < -0.4 is 16.0 Å². The minimum Gasteiger partial charge on any atom is -0.331 e. The van der Waals surface area contributed by atoms with Gasteiger partial charge in [0.2, 0.25) is 11.8 Å². The van der Waals surface area contributed by atoms with Gasteiger partial charge in [-0.25, -0.2) is 4.98 Å². The molecule has 0 spiro atoms. The second-order valence-electron chi connectivity index (χ2n) is 6.75. The lowest BCUT2D eigenvalue weighted by Crippen LogP contribution is -2.09. The molecule has 3 N–H and O–H groups in total. The van der Waals surface area contributed by atoms with Crippen molar-refractivity contribution in [3.8, 4) is 11.3 Å². The quantitative estimate of drug-likeness (QED) is 0.514. The first-order chi connectivity index (χ1) is 13.9. The minimum atomic E-state index is -0.188. The van der Waals surface area contributed by atoms with Gasteiger partial charge >= 0.3 is 0 Å². The van der Waals surface area contributed by atoms with E-state index in [2.05, 4.69) is 48.0 Å². The molecular formula is C22H24N4O2S. The lowest BCUT2D eigenvalue weighted by atomic mass is 10.1. The van der Waals surface area contributed by atoms with Crippen LogP contribution in [0.15, 0.2) is 41.8 Å². The van der Waals surface area contributed by atoms with E-state index in [4.69, 9.17) is 4.98 Å². The molecule has 0 atom stereocenters. The molecule has 0 fully saturated rings. The summed E-state index contributed by atoms with van der Waals surface area (Å²) >= 11 is 1.50. The summed E-state index contributed by atoms with van der Waals surface area (Å²) in [6.45, 7) is 7.10. The Morgan fingerprint density at radius 3 is 2.52 bits per heavy atom. The van der Waals surface area contributed by atoms with E-state index >= 15 is 0 Å². The normalized spacial score (nSPS) is 10.5. The SMILES string of the molecule is CCc1cccc(C)c1Nc1nc(-c2ccc(NC(C)=O)cc2NC(C)=O)cs1. The summed E-state index contributed by atoms with van der Waals surface area (Å²) in [5.74, 6) is -0.357. The number of aryl methyl sites for hydroxylation is 2. The number of nitrogens with zero attached hydrogens (tertiary/aromatic N) is 1. The summed E-state index contributed by atoms with van der Waals surface area (Å²) in [6.07, 6.45) is 0.930. The Hall–Kier alpha value is -3.19. The lowest BCUT2D eigenvalue weighted by Gasteiger charge is -2.12. The number of thiazole rings is 1. The zero-order valence-electron chi connectivity index (χ0n) is 16.9. The molecule has 0 bridgehead atoms. The maximum Gasteiger partial charge on any atom is 0.221 e. The van der Waals surface area contributed by atoms with Crippen LogP contribution >= 0.6 is 11.3 Å². The van der Waals surface area contributed by atoms with Crippen LogP contribution in [0.2, 0.25) is 0 Å². The van der Waals surface area contributed by atoms with Crippen molar-refractivity contribution in [2.75, 3.05) is 16.0 Å². The number of hydrogen-bond acceptors (Lipinski definition) is 5. The second-order valence-corrected chi connectivity index (χ2v) is 7.61. The van der Waals surface area contributed by atoms with Crippen LogP contribution in [-0.2, 0) is 16.0 Å². The first-order valence-electron chi connectivity index (χ1n) is 9.38. The van der Waals surface area contributed by atoms with E-state index < -0.39 is 0 Å². The minimum absolute atomic E-state index is 0.170. The van der Waals surface area contributed by atoms with Gasteiger partial charge in [0.1, 0.15) is 0 Å². The van der Waals surface area contributed by atoms with E-state index in [0.717, 1.165) is 28.5 Å². The molecule has 6 nitrogen and oxygen atoms in total. The van der Waals surface area contributed by atoms with Crippen LogP contribution in [0.25, 0.3) is 11.3 Å². The van der Waals surface area contributed by atoms with Crippen LogP contribution in [0.4, 0.5) is 22.2 Å². The highest BCUT2D eigenvalue weighted by Gasteiger charge is 2.13. The van der Waals surface area contributed by atoms with Crippen molar-refractivity contribution in [2.24, 2.45) is 0 Å². The summed E-state index contributed by atoms with van der Waals surface area (Å²) in [6, 6.07) is 11.6. The average Bonchev–Trinajstić information content (AvgIpc) is 3.11. The standard InChI is InChI=1S/C22H24N4O2S/c1-5-16-8-6-7-13(2)21(16)26-22-25-20(12-29-22)18-10-9-17(23-14(3)27)11-19(18)24-15(4)28/h6-12H,5H2,1-4H3,(H,23,27)(H,24,28)(H,25,26). The predicted molar refractivity (Wildman–Crippen MR) is 120 cm³/mol. The smallest absolute Gasteiger partial charge is 0.221 e. The molecule has 0 aliphatic rings. The Kier molecular flexibility index (Phi) is 6.29. The summed E-state index contributed by atoms with van der Waals surface area (Å²) in [5.41, 5.74) is 6.25. The maximum absolute atomic E-state index is 11.7. The topological polar surface area (TPSA) is 83.1 Å². The molecule has 0 saturated heterocycles. The van der Waals surface area contributed by atoms with Crippen molar-refractivity contribution in [1.29, 1.82) is 0 Å². The highest BCUT2D eigenvalue weighted by Crippen LogP contribution is 2.34. The highest BCUT2D eigenvalue weighted by molar-refractivity contribution is 7.14. The highest BCUT2D eigenvalue weighted by atomic mass is 32.1. The molecule has 0 aliphatic carbocycles. The van der Waals surface area contributed by atoms with Gasteiger partial charge in [-0.1, -0.05) is 25.1 Å². The van der Waals surface area contributed by atoms with E-state index in [-0.39, 0.29) is 11.8 Å². The molecule has 2 aromatic carbocycles. The van der Waals surface area contributed by atoms with E-state index in [9.17, 15) is 9.59 Å². The van der Waals surface area contributed by atoms with Gasteiger partial charge in [0, 0.05) is 36.2 Å². The fourth-order valence-electron chi connectivity index (χ4n) is 3.11. The van der Waals surface area contributed by atoms with Crippen molar-refractivity contribution in [3.63, 3.8) is 0 Å². The molecule has 1 heterocycles. The maximum atomic E-state index is 11.7. The molecule has 0 saturated carbocycles. The Bertz CT molecular complexity index is 1060. The van der Waals surface area contributed by atoms with Gasteiger partial charge in [-0.15, -0.1) is 11.3 Å². The molecule has 0 radical (unpaired) electrons. The summed E-state index contributed by atoms with van der Waals surface area (Å²) in [4.78, 5) is 27.7. The lowest BCUT2D eigenvalue weighted by molar-refractivity contribution is -0.115. The number of anilines is 4. The third kappa shape index (κ3) is 5.00. The zero-order valence-corrected chi connectivity index (χ0v) is 17.7. The van der Waals surface area contributed by atoms with E-state index in [0.29, 0.717) is 11.4 Å². The van der Waals surface area contributed by atoms with Crippen LogP contribution in [-0.4, -0.2) is 16.8 Å². The first-order valence-corrected chi connectivity index (χ1v) is 10.3. The van der Waals surface area contributed by atoms with Crippen molar-refractivity contribution >= 4 is 45.3 Å². The third-order valence-corrected chi connectivity index (χ3v) is 5.16. The van der Waals surface area contributed by atoms with E-state index in [1.54, 1.807) is 12.1 Å². The van der Waals surface area contributed by atoms with Gasteiger partial charge < -0.3 is 16.0 Å². The molecule has 1 aromatic heterocycles. The van der Waals surface area contributed by atoms with Gasteiger partial charge in [0.05, 0.1) is 11.4 Å². The predicted octanol–water partition coefficient (Wildman–Crippen LogP) is 5.34. The van der Waals surface area contributed by atoms with Crippen molar-refractivity contribution < 1.29 is 9.59 Å². The number of amides is 2. The largest absolute Gasteiger partial charge is 0.331 e. The zero-order chi connectivity index (χ0) is 21.0. The summed E-state index contributed by atoms with van der Waals surface area (Å²) < 4.78 is 0. The fraction of sp³-hybridized carbons (Fsp3) is 0.227. The van der Waals surface area contributed by atoms with E-state index in [1.807, 2.05) is 11.4 Å². The molecule has 0 aliphatic heterocycles.